The fourth-order valence-electron chi connectivity index (χ4n) is 1.71. The maximum atomic E-state index is 11.6. The van der Waals surface area contributed by atoms with E-state index in [9.17, 15) is 4.79 Å². The second-order valence-electron chi connectivity index (χ2n) is 4.93. The van der Waals surface area contributed by atoms with Gasteiger partial charge < -0.3 is 30.7 Å². The number of hydrogen-bond donors (Lipinski definition) is 4. The van der Waals surface area contributed by atoms with E-state index >= 15 is 0 Å². The lowest BCUT2D eigenvalue weighted by Crippen LogP contribution is -2.22. The summed E-state index contributed by atoms with van der Waals surface area (Å²) in [5, 5.41) is 12.6. The Morgan fingerprint density at radius 2 is 2.00 bits per heavy atom. The van der Waals surface area contributed by atoms with Crippen molar-refractivity contribution in [1.82, 2.24) is 4.90 Å². The number of rotatable bonds is 8. The predicted octanol–water partition coefficient (Wildman–Crippen LogP) is 1.07. The number of benzene rings is 1. The van der Waals surface area contributed by atoms with Crippen molar-refractivity contribution >= 4 is 23.2 Å². The number of amides is 1. The van der Waals surface area contributed by atoms with E-state index in [-0.39, 0.29) is 11.9 Å². The van der Waals surface area contributed by atoms with Crippen molar-refractivity contribution in [2.75, 3.05) is 45.0 Å². The molecular formula is C15H23N5O3. The Morgan fingerprint density at radius 3 is 2.52 bits per heavy atom. The molecule has 0 saturated heterocycles. The highest BCUT2D eigenvalue weighted by Crippen LogP contribution is 2.36. The Labute approximate surface area is 135 Å². The van der Waals surface area contributed by atoms with Gasteiger partial charge in [0.25, 0.3) is 0 Å². The topological polar surface area (TPSA) is 113 Å². The van der Waals surface area contributed by atoms with Crippen LogP contribution in [0, 0.1) is 5.41 Å². The summed E-state index contributed by atoms with van der Waals surface area (Å²) < 4.78 is 11.0. The molecule has 5 N–H and O–H groups in total. The highest BCUT2D eigenvalue weighted by Gasteiger charge is 2.14. The zero-order valence-corrected chi connectivity index (χ0v) is 13.6. The first kappa shape index (κ1) is 18.3. The number of anilines is 2. The summed E-state index contributed by atoms with van der Waals surface area (Å²) >= 11 is 0. The second kappa shape index (κ2) is 8.64. The number of ether oxygens (including phenoxy) is 2. The molecular weight excluding hydrogens is 298 g/mol. The van der Waals surface area contributed by atoms with Gasteiger partial charge in [0.2, 0.25) is 5.91 Å². The first-order valence-corrected chi connectivity index (χ1v) is 6.91. The summed E-state index contributed by atoms with van der Waals surface area (Å²) in [7, 11) is 5.36. The Morgan fingerprint density at radius 1 is 1.35 bits per heavy atom. The van der Waals surface area contributed by atoms with Gasteiger partial charge in [-0.1, -0.05) is 6.58 Å². The van der Waals surface area contributed by atoms with Gasteiger partial charge in [-0.3, -0.25) is 10.2 Å². The molecule has 0 unspecified atom stereocenters. The molecule has 0 spiro atoms. The highest BCUT2D eigenvalue weighted by molar-refractivity contribution is 6.01. The molecule has 8 heteroatoms. The monoisotopic (exact) mass is 321 g/mol. The molecule has 1 rings (SSSR count). The van der Waals surface area contributed by atoms with E-state index in [1.807, 2.05) is 19.0 Å². The first-order valence-electron chi connectivity index (χ1n) is 6.91. The maximum absolute atomic E-state index is 11.6. The average Bonchev–Trinajstić information content (AvgIpc) is 2.48. The van der Waals surface area contributed by atoms with Crippen LogP contribution in [0.25, 0.3) is 0 Å². The molecule has 0 aliphatic heterocycles. The normalized spacial score (nSPS) is 10.1. The fraction of sp³-hybridized carbons (Fsp3) is 0.333. The summed E-state index contributed by atoms with van der Waals surface area (Å²) in [5.74, 6) is 0.275. The number of carbonyl (C=O) groups excluding carboxylic acids is 1. The van der Waals surface area contributed by atoms with Gasteiger partial charge in [-0.15, -0.1) is 0 Å². The molecule has 0 bridgehead atoms. The molecule has 0 heterocycles. The van der Waals surface area contributed by atoms with Gasteiger partial charge in [0.15, 0.2) is 5.96 Å². The summed E-state index contributed by atoms with van der Waals surface area (Å²) in [5.41, 5.74) is 6.23. The van der Waals surface area contributed by atoms with E-state index < -0.39 is 0 Å². The molecule has 0 atom stereocenters. The lowest BCUT2D eigenvalue weighted by Gasteiger charge is -2.18. The number of likely N-dealkylation sites (N-methyl/N-ethyl adjacent to an activating group) is 1. The van der Waals surface area contributed by atoms with Crippen LogP contribution in [0.15, 0.2) is 24.8 Å². The minimum Gasteiger partial charge on any atom is -0.494 e. The van der Waals surface area contributed by atoms with Gasteiger partial charge in [0.05, 0.1) is 18.5 Å². The quantitative estimate of drug-likeness (QED) is 0.324. The maximum Gasteiger partial charge on any atom is 0.247 e. The number of nitrogens with two attached hydrogens (primary N) is 1. The summed E-state index contributed by atoms with van der Waals surface area (Å²) in [6.07, 6.45) is 1.16. The Hall–Kier alpha value is -2.74. The number of nitrogens with one attached hydrogen (secondary N) is 3. The lowest BCUT2D eigenvalue weighted by molar-refractivity contribution is -0.111. The largest absolute Gasteiger partial charge is 0.494 e. The van der Waals surface area contributed by atoms with Crippen molar-refractivity contribution in [2.45, 2.75) is 0 Å². The van der Waals surface area contributed by atoms with Gasteiger partial charge in [-0.25, -0.2) is 0 Å². The Kier molecular flexibility index (Phi) is 6.88. The first-order chi connectivity index (χ1) is 10.9. The van der Waals surface area contributed by atoms with Gasteiger partial charge >= 0.3 is 0 Å². The molecule has 126 valence electrons. The van der Waals surface area contributed by atoms with Crippen molar-refractivity contribution in [3.63, 3.8) is 0 Å². The predicted molar refractivity (Wildman–Crippen MR) is 91.4 cm³/mol. The summed E-state index contributed by atoms with van der Waals surface area (Å²) in [4.78, 5) is 13.6. The highest BCUT2D eigenvalue weighted by atomic mass is 16.5. The third kappa shape index (κ3) is 5.87. The summed E-state index contributed by atoms with van der Waals surface area (Å²) in [6.45, 7) is 4.57. The van der Waals surface area contributed by atoms with Crippen LogP contribution in [0.3, 0.4) is 0 Å². The zero-order chi connectivity index (χ0) is 17.4. The SMILES string of the molecule is C=CC(=O)Nc1cc(NC(=N)N)c(OC)cc1OCCN(C)C. The molecule has 0 saturated carbocycles. The zero-order valence-electron chi connectivity index (χ0n) is 13.6. The number of hydrogen-bond acceptors (Lipinski definition) is 5. The van der Waals surface area contributed by atoms with Gasteiger partial charge in [0, 0.05) is 12.6 Å². The van der Waals surface area contributed by atoms with Crippen LogP contribution >= 0.6 is 0 Å². The molecule has 0 fully saturated rings. The van der Waals surface area contributed by atoms with Crippen LogP contribution < -0.4 is 25.8 Å². The second-order valence-corrected chi connectivity index (χ2v) is 4.93. The van der Waals surface area contributed by atoms with E-state index in [1.54, 1.807) is 12.1 Å². The number of methoxy groups -OCH3 is 1. The molecule has 0 aliphatic rings. The van der Waals surface area contributed by atoms with Crippen LogP contribution in [0.5, 0.6) is 11.5 Å². The van der Waals surface area contributed by atoms with Gasteiger partial charge in [0.1, 0.15) is 18.1 Å². The van der Waals surface area contributed by atoms with Gasteiger partial charge in [-0.05, 0) is 26.2 Å². The summed E-state index contributed by atoms with van der Waals surface area (Å²) in [6, 6.07) is 3.21. The van der Waals surface area contributed by atoms with Crippen LogP contribution in [0.4, 0.5) is 11.4 Å². The van der Waals surface area contributed by atoms with E-state index in [0.29, 0.717) is 36.0 Å². The van der Waals surface area contributed by atoms with Crippen LogP contribution in [0.1, 0.15) is 0 Å². The van der Waals surface area contributed by atoms with E-state index in [4.69, 9.17) is 20.6 Å². The lowest BCUT2D eigenvalue weighted by atomic mass is 10.2. The standard InChI is InChI=1S/C15H23N5O3/c1-5-14(21)18-11-8-10(19-15(16)17)12(22-4)9-13(11)23-7-6-20(2)3/h5,8-9H,1,6-7H2,2-4H3,(H,18,21)(H4,16,17,19). The average molecular weight is 321 g/mol. The molecule has 23 heavy (non-hydrogen) atoms. The number of guanidine groups is 1. The van der Waals surface area contributed by atoms with Gasteiger partial charge in [-0.2, -0.15) is 0 Å². The third-order valence-electron chi connectivity index (χ3n) is 2.81. The minimum atomic E-state index is -0.374. The molecule has 1 aromatic carbocycles. The smallest absolute Gasteiger partial charge is 0.247 e. The van der Waals surface area contributed by atoms with Crippen molar-refractivity contribution in [3.8, 4) is 11.5 Å². The van der Waals surface area contributed by atoms with Crippen LogP contribution in [-0.4, -0.2) is 51.1 Å². The molecule has 1 aromatic rings. The van der Waals surface area contributed by atoms with E-state index in [1.165, 1.54) is 7.11 Å². The Bertz CT molecular complexity index is 587. The minimum absolute atomic E-state index is 0.245. The molecule has 0 aromatic heterocycles. The Balaban J connectivity index is 3.14. The van der Waals surface area contributed by atoms with Crippen LogP contribution in [0.2, 0.25) is 0 Å². The fourth-order valence-corrected chi connectivity index (χ4v) is 1.71. The van der Waals surface area contributed by atoms with E-state index in [0.717, 1.165) is 6.08 Å². The molecule has 1 amide bonds. The third-order valence-corrected chi connectivity index (χ3v) is 2.81. The number of nitrogens with zero attached hydrogens (tertiary/aromatic N) is 1. The molecule has 0 radical (unpaired) electrons. The molecule has 0 aliphatic carbocycles. The molecule has 8 nitrogen and oxygen atoms in total. The van der Waals surface area contributed by atoms with Crippen molar-refractivity contribution in [1.29, 1.82) is 5.41 Å². The van der Waals surface area contributed by atoms with E-state index in [2.05, 4.69) is 17.2 Å². The van der Waals surface area contributed by atoms with Crippen molar-refractivity contribution < 1.29 is 14.3 Å². The number of carbonyl (C=O) groups is 1. The van der Waals surface area contributed by atoms with Crippen molar-refractivity contribution in [3.05, 3.63) is 24.8 Å². The van der Waals surface area contributed by atoms with Crippen molar-refractivity contribution in [2.24, 2.45) is 5.73 Å². The van der Waals surface area contributed by atoms with Crippen LogP contribution in [-0.2, 0) is 4.79 Å².